The van der Waals surface area contributed by atoms with Crippen LogP contribution in [0.4, 0.5) is 10.8 Å². The van der Waals surface area contributed by atoms with Crippen LogP contribution in [0.15, 0.2) is 77.7 Å². The van der Waals surface area contributed by atoms with E-state index in [9.17, 15) is 13.2 Å². The van der Waals surface area contributed by atoms with Crippen molar-refractivity contribution < 1.29 is 13.2 Å². The van der Waals surface area contributed by atoms with E-state index in [2.05, 4.69) is 19.1 Å². The molecular formula is C27H30N4O3S2. The van der Waals surface area contributed by atoms with Crippen molar-refractivity contribution in [3.05, 3.63) is 83.9 Å². The number of likely N-dealkylation sites (N-methyl/N-ethyl adjacent to an activating group) is 1. The highest BCUT2D eigenvalue weighted by Crippen LogP contribution is 2.31. The Bertz CT molecular complexity index is 1450. The fraction of sp³-hybridized carbons (Fsp3) is 0.259. The Hall–Kier alpha value is -3.27. The number of thiazole rings is 1. The first-order valence-electron chi connectivity index (χ1n) is 11.7. The topological polar surface area (TPSA) is 73.8 Å². The molecule has 0 aliphatic rings. The van der Waals surface area contributed by atoms with Crippen LogP contribution in [0, 0.1) is 0 Å². The lowest BCUT2D eigenvalue weighted by Gasteiger charge is -2.22. The minimum Gasteiger partial charge on any atom is -0.308 e. The molecule has 4 aromatic rings. The van der Waals surface area contributed by atoms with Crippen LogP contribution in [0.1, 0.15) is 22.8 Å². The van der Waals surface area contributed by atoms with Crippen molar-refractivity contribution in [2.24, 2.45) is 0 Å². The molecule has 0 radical (unpaired) electrons. The lowest BCUT2D eigenvalue weighted by Crippen LogP contribution is -2.36. The number of hydrogen-bond donors (Lipinski definition) is 0. The van der Waals surface area contributed by atoms with Crippen LogP contribution in [0.2, 0.25) is 0 Å². The van der Waals surface area contributed by atoms with E-state index in [4.69, 9.17) is 4.98 Å². The van der Waals surface area contributed by atoms with E-state index >= 15 is 0 Å². The molecule has 3 aromatic carbocycles. The quantitative estimate of drug-likeness (QED) is 0.313. The number of benzene rings is 3. The van der Waals surface area contributed by atoms with E-state index in [0.717, 1.165) is 16.6 Å². The van der Waals surface area contributed by atoms with E-state index in [-0.39, 0.29) is 10.8 Å². The van der Waals surface area contributed by atoms with Crippen molar-refractivity contribution in [1.29, 1.82) is 0 Å². The summed E-state index contributed by atoms with van der Waals surface area (Å²) in [5.74, 6) is -0.216. The maximum atomic E-state index is 13.6. The van der Waals surface area contributed by atoms with Crippen molar-refractivity contribution in [3.8, 4) is 0 Å². The molecule has 0 bridgehead atoms. The lowest BCUT2D eigenvalue weighted by atomic mass is 10.2. The number of fused-ring (bicyclic) bond motifs is 1. The average molecular weight is 523 g/mol. The van der Waals surface area contributed by atoms with Gasteiger partial charge in [-0.1, -0.05) is 42.5 Å². The largest absolute Gasteiger partial charge is 0.308 e. The van der Waals surface area contributed by atoms with Gasteiger partial charge in [0.15, 0.2) is 5.13 Å². The molecule has 9 heteroatoms. The molecule has 0 fully saturated rings. The number of hydrogen-bond acceptors (Lipinski definition) is 6. The van der Waals surface area contributed by atoms with Crippen LogP contribution in [0.3, 0.4) is 0 Å². The fourth-order valence-corrected chi connectivity index (χ4v) is 5.99. The number of aromatic nitrogens is 1. The second kappa shape index (κ2) is 10.8. The van der Waals surface area contributed by atoms with Crippen LogP contribution >= 0.6 is 11.3 Å². The van der Waals surface area contributed by atoms with Crippen molar-refractivity contribution in [1.82, 2.24) is 9.88 Å². The summed E-state index contributed by atoms with van der Waals surface area (Å²) < 4.78 is 28.5. The first-order valence-corrected chi connectivity index (χ1v) is 14.0. The summed E-state index contributed by atoms with van der Waals surface area (Å²) >= 11 is 1.49. The highest BCUT2D eigenvalue weighted by Gasteiger charge is 2.24. The number of para-hydroxylation sites is 1. The Labute approximate surface area is 216 Å². The van der Waals surface area contributed by atoms with Gasteiger partial charge in [-0.25, -0.2) is 13.4 Å². The number of sulfonamides is 1. The normalized spacial score (nSPS) is 11.7. The predicted molar refractivity (Wildman–Crippen MR) is 148 cm³/mol. The standard InChI is InChI=1S/C27H30N4O3S2/c1-5-20-11-16-24-25(19-20)35-27(28-24)31(18-17-29(2)3)26(32)21-12-14-23(15-13-21)36(33,34)30(4)22-9-7-6-8-10-22/h6-16,19H,5,17-18H2,1-4H3. The molecule has 0 aliphatic heterocycles. The minimum absolute atomic E-state index is 0.123. The predicted octanol–water partition coefficient (Wildman–Crippen LogP) is 4.89. The summed E-state index contributed by atoms with van der Waals surface area (Å²) in [6.07, 6.45) is 0.932. The van der Waals surface area contributed by atoms with Crippen molar-refractivity contribution in [2.45, 2.75) is 18.2 Å². The van der Waals surface area contributed by atoms with E-state index in [0.29, 0.717) is 29.5 Å². The van der Waals surface area contributed by atoms with Crippen molar-refractivity contribution in [2.75, 3.05) is 43.4 Å². The summed E-state index contributed by atoms with van der Waals surface area (Å²) in [4.78, 5) is 22.1. The second-order valence-corrected chi connectivity index (χ2v) is 11.7. The second-order valence-electron chi connectivity index (χ2n) is 8.74. The van der Waals surface area contributed by atoms with Gasteiger partial charge in [0.2, 0.25) is 0 Å². The molecule has 0 saturated carbocycles. The molecule has 0 N–H and O–H groups in total. The number of carbonyl (C=O) groups is 1. The Balaban J connectivity index is 1.63. The zero-order valence-corrected chi connectivity index (χ0v) is 22.5. The lowest BCUT2D eigenvalue weighted by molar-refractivity contribution is 0.0985. The van der Waals surface area contributed by atoms with Crippen LogP contribution in [0.5, 0.6) is 0 Å². The van der Waals surface area contributed by atoms with Gasteiger partial charge in [-0.3, -0.25) is 14.0 Å². The molecule has 7 nitrogen and oxygen atoms in total. The highest BCUT2D eigenvalue weighted by atomic mass is 32.2. The number of amides is 1. The van der Waals surface area contributed by atoms with Gasteiger partial charge in [0, 0.05) is 25.7 Å². The third kappa shape index (κ3) is 5.43. The van der Waals surface area contributed by atoms with Gasteiger partial charge in [-0.2, -0.15) is 0 Å². The molecule has 0 aliphatic carbocycles. The third-order valence-electron chi connectivity index (χ3n) is 5.98. The maximum Gasteiger partial charge on any atom is 0.264 e. The monoisotopic (exact) mass is 522 g/mol. The number of aryl methyl sites for hydroxylation is 1. The van der Waals surface area contributed by atoms with Gasteiger partial charge in [-0.05, 0) is 74.6 Å². The van der Waals surface area contributed by atoms with Gasteiger partial charge in [0.1, 0.15) is 0 Å². The number of carbonyl (C=O) groups excluding carboxylic acids is 1. The molecule has 1 amide bonds. The summed E-state index contributed by atoms with van der Waals surface area (Å²) in [6.45, 7) is 3.23. The number of rotatable bonds is 9. The van der Waals surface area contributed by atoms with Gasteiger partial charge < -0.3 is 4.90 Å². The summed E-state index contributed by atoms with van der Waals surface area (Å²) in [6, 6.07) is 21.2. The smallest absolute Gasteiger partial charge is 0.264 e. The van der Waals surface area contributed by atoms with Crippen LogP contribution < -0.4 is 9.21 Å². The molecule has 0 unspecified atom stereocenters. The first-order chi connectivity index (χ1) is 17.2. The molecule has 36 heavy (non-hydrogen) atoms. The fourth-order valence-electron chi connectivity index (χ4n) is 3.74. The highest BCUT2D eigenvalue weighted by molar-refractivity contribution is 7.92. The third-order valence-corrected chi connectivity index (χ3v) is 8.82. The Morgan fingerprint density at radius 3 is 2.25 bits per heavy atom. The van der Waals surface area contributed by atoms with Gasteiger partial charge in [-0.15, -0.1) is 0 Å². The van der Waals surface area contributed by atoms with Crippen molar-refractivity contribution in [3.63, 3.8) is 0 Å². The molecule has 188 valence electrons. The van der Waals surface area contributed by atoms with Crippen LogP contribution in [-0.4, -0.2) is 58.4 Å². The Morgan fingerprint density at radius 2 is 1.61 bits per heavy atom. The molecule has 0 atom stereocenters. The minimum atomic E-state index is -3.76. The number of nitrogens with zero attached hydrogens (tertiary/aromatic N) is 4. The van der Waals surface area contributed by atoms with E-state index < -0.39 is 10.0 Å². The van der Waals surface area contributed by atoms with Gasteiger partial charge >= 0.3 is 0 Å². The van der Waals surface area contributed by atoms with E-state index in [1.165, 1.54) is 40.4 Å². The zero-order chi connectivity index (χ0) is 25.9. The first kappa shape index (κ1) is 25.8. The zero-order valence-electron chi connectivity index (χ0n) is 20.9. The summed E-state index contributed by atoms with van der Waals surface area (Å²) in [5, 5.41) is 0.630. The van der Waals surface area contributed by atoms with Crippen LogP contribution in [-0.2, 0) is 16.4 Å². The molecule has 0 spiro atoms. The van der Waals surface area contributed by atoms with Gasteiger partial charge in [0.05, 0.1) is 20.8 Å². The SMILES string of the molecule is CCc1ccc2nc(N(CCN(C)C)C(=O)c3ccc(S(=O)(=O)N(C)c4ccccc4)cc3)sc2c1. The van der Waals surface area contributed by atoms with E-state index in [1.54, 1.807) is 41.3 Å². The van der Waals surface area contributed by atoms with Gasteiger partial charge in [0.25, 0.3) is 15.9 Å². The molecule has 1 heterocycles. The average Bonchev–Trinajstić information content (AvgIpc) is 3.31. The molecule has 4 rings (SSSR count). The molecule has 1 aromatic heterocycles. The molecule has 0 saturated heterocycles. The summed E-state index contributed by atoms with van der Waals surface area (Å²) in [5.41, 5.74) is 3.06. The van der Waals surface area contributed by atoms with Crippen LogP contribution in [0.25, 0.3) is 10.2 Å². The molecular weight excluding hydrogens is 492 g/mol. The Morgan fingerprint density at radius 1 is 0.917 bits per heavy atom. The Kier molecular flexibility index (Phi) is 7.73. The number of anilines is 2. The van der Waals surface area contributed by atoms with Crippen molar-refractivity contribution >= 4 is 48.3 Å². The summed E-state index contributed by atoms with van der Waals surface area (Å²) in [7, 11) is 1.67. The van der Waals surface area contributed by atoms with E-state index in [1.807, 2.05) is 31.1 Å². The maximum absolute atomic E-state index is 13.6.